The number of nitro groups is 1. The molecule has 0 unspecified atom stereocenters. The SMILES string of the molecule is O=C1S/C(=C\c2ccc(-c3cccc([N+](=O)[O-])c3)o2)C(=O)N1Cc1ccccc1Br. The monoisotopic (exact) mass is 484 g/mol. The number of non-ortho nitro benzene ring substituents is 1. The first-order valence-electron chi connectivity index (χ1n) is 8.76. The highest BCUT2D eigenvalue weighted by Crippen LogP contribution is 2.35. The minimum Gasteiger partial charge on any atom is -0.457 e. The maximum atomic E-state index is 12.7. The Labute approximate surface area is 183 Å². The third kappa shape index (κ3) is 4.07. The zero-order chi connectivity index (χ0) is 21.3. The van der Waals surface area contributed by atoms with Crippen molar-refractivity contribution in [2.75, 3.05) is 0 Å². The molecule has 7 nitrogen and oxygen atoms in total. The van der Waals surface area contributed by atoms with Gasteiger partial charge in [0.05, 0.1) is 16.4 Å². The minimum absolute atomic E-state index is 0.0429. The fraction of sp³-hybridized carbons (Fsp3) is 0.0476. The van der Waals surface area contributed by atoms with Crippen LogP contribution in [0.3, 0.4) is 0 Å². The van der Waals surface area contributed by atoms with E-state index in [1.807, 2.05) is 24.3 Å². The Kier molecular flexibility index (Phi) is 5.56. The van der Waals surface area contributed by atoms with Crippen molar-refractivity contribution >= 4 is 50.6 Å². The van der Waals surface area contributed by atoms with Gasteiger partial charge in [0.25, 0.3) is 16.8 Å². The van der Waals surface area contributed by atoms with E-state index in [0.29, 0.717) is 17.1 Å². The number of thioether (sulfide) groups is 1. The molecule has 0 radical (unpaired) electrons. The lowest BCUT2D eigenvalue weighted by atomic mass is 10.1. The first-order chi connectivity index (χ1) is 14.4. The molecular weight excluding hydrogens is 472 g/mol. The van der Waals surface area contributed by atoms with Gasteiger partial charge in [0, 0.05) is 28.2 Å². The van der Waals surface area contributed by atoms with Gasteiger partial charge in [-0.3, -0.25) is 24.6 Å². The van der Waals surface area contributed by atoms with Crippen molar-refractivity contribution in [3.8, 4) is 11.3 Å². The Hall–Kier alpha value is -3.17. The van der Waals surface area contributed by atoms with Crippen molar-refractivity contribution in [2.24, 2.45) is 0 Å². The molecule has 0 saturated carbocycles. The minimum atomic E-state index is -0.478. The summed E-state index contributed by atoms with van der Waals surface area (Å²) < 4.78 is 6.54. The van der Waals surface area contributed by atoms with E-state index >= 15 is 0 Å². The number of nitrogens with zero attached hydrogens (tertiary/aromatic N) is 2. The summed E-state index contributed by atoms with van der Waals surface area (Å²) >= 11 is 4.27. The Bertz CT molecular complexity index is 1200. The number of benzene rings is 2. The molecule has 1 fully saturated rings. The fourth-order valence-corrected chi connectivity index (χ4v) is 4.15. The molecule has 150 valence electrons. The number of nitro benzene ring substituents is 1. The van der Waals surface area contributed by atoms with E-state index in [4.69, 9.17) is 4.42 Å². The molecule has 0 atom stereocenters. The number of imide groups is 1. The second-order valence-electron chi connectivity index (χ2n) is 6.37. The number of furan rings is 1. The normalized spacial score (nSPS) is 15.2. The van der Waals surface area contributed by atoms with Crippen molar-refractivity contribution in [2.45, 2.75) is 6.54 Å². The van der Waals surface area contributed by atoms with Gasteiger partial charge in [-0.15, -0.1) is 0 Å². The lowest BCUT2D eigenvalue weighted by Crippen LogP contribution is -2.27. The van der Waals surface area contributed by atoms with Crippen LogP contribution in [-0.2, 0) is 11.3 Å². The number of hydrogen-bond acceptors (Lipinski definition) is 6. The molecule has 1 aromatic heterocycles. The van der Waals surface area contributed by atoms with Crippen LogP contribution in [-0.4, -0.2) is 21.0 Å². The number of rotatable bonds is 5. The number of halogens is 1. The number of amides is 2. The van der Waals surface area contributed by atoms with E-state index in [9.17, 15) is 19.7 Å². The Morgan fingerprint density at radius 2 is 1.90 bits per heavy atom. The van der Waals surface area contributed by atoms with Crippen LogP contribution < -0.4 is 0 Å². The van der Waals surface area contributed by atoms with E-state index in [-0.39, 0.29) is 22.4 Å². The smallest absolute Gasteiger partial charge is 0.293 e. The fourth-order valence-electron chi connectivity index (χ4n) is 2.92. The molecule has 2 heterocycles. The maximum Gasteiger partial charge on any atom is 0.293 e. The zero-order valence-corrected chi connectivity index (χ0v) is 17.7. The third-order valence-corrected chi connectivity index (χ3v) is 6.08. The summed E-state index contributed by atoms with van der Waals surface area (Å²) in [4.78, 5) is 37.0. The highest BCUT2D eigenvalue weighted by molar-refractivity contribution is 9.10. The molecule has 0 N–H and O–H groups in total. The summed E-state index contributed by atoms with van der Waals surface area (Å²) in [5.41, 5.74) is 1.33. The van der Waals surface area contributed by atoms with Crippen LogP contribution in [0.4, 0.5) is 10.5 Å². The molecule has 2 amide bonds. The Morgan fingerprint density at radius 1 is 1.10 bits per heavy atom. The molecule has 4 rings (SSSR count). The number of carbonyl (C=O) groups is 2. The lowest BCUT2D eigenvalue weighted by Gasteiger charge is -2.13. The van der Waals surface area contributed by atoms with Gasteiger partial charge in [-0.05, 0) is 35.5 Å². The summed E-state index contributed by atoms with van der Waals surface area (Å²) in [6.45, 7) is 0.167. The van der Waals surface area contributed by atoms with Crippen LogP contribution in [0, 0.1) is 10.1 Å². The van der Waals surface area contributed by atoms with Crippen LogP contribution >= 0.6 is 27.7 Å². The molecule has 0 spiro atoms. The van der Waals surface area contributed by atoms with Gasteiger partial charge >= 0.3 is 0 Å². The summed E-state index contributed by atoms with van der Waals surface area (Å²) in [6, 6.07) is 16.8. The summed E-state index contributed by atoms with van der Waals surface area (Å²) in [5, 5.41) is 10.6. The van der Waals surface area contributed by atoms with Gasteiger partial charge in [0.15, 0.2) is 0 Å². The topological polar surface area (TPSA) is 93.7 Å². The van der Waals surface area contributed by atoms with E-state index in [1.165, 1.54) is 23.1 Å². The van der Waals surface area contributed by atoms with Crippen LogP contribution in [0.5, 0.6) is 0 Å². The third-order valence-electron chi connectivity index (χ3n) is 4.40. The van der Waals surface area contributed by atoms with Crippen LogP contribution in [0.25, 0.3) is 17.4 Å². The zero-order valence-electron chi connectivity index (χ0n) is 15.3. The van der Waals surface area contributed by atoms with E-state index in [1.54, 1.807) is 24.3 Å². The van der Waals surface area contributed by atoms with Crippen LogP contribution in [0.2, 0.25) is 0 Å². The van der Waals surface area contributed by atoms with Gasteiger partial charge in [0.1, 0.15) is 11.5 Å². The van der Waals surface area contributed by atoms with Crippen LogP contribution in [0.1, 0.15) is 11.3 Å². The van der Waals surface area contributed by atoms with Crippen LogP contribution in [0.15, 0.2) is 74.5 Å². The van der Waals surface area contributed by atoms with E-state index in [0.717, 1.165) is 21.8 Å². The first kappa shape index (κ1) is 20.1. The molecule has 30 heavy (non-hydrogen) atoms. The second-order valence-corrected chi connectivity index (χ2v) is 8.22. The summed E-state index contributed by atoms with van der Waals surface area (Å²) in [6.07, 6.45) is 1.51. The number of hydrogen-bond donors (Lipinski definition) is 0. The standard InChI is InChI=1S/C21H13BrN2O5S/c22-17-7-2-1-4-14(17)12-23-20(25)19(30-21(23)26)11-16-8-9-18(29-16)13-5-3-6-15(10-13)24(27)28/h1-11H,12H2/b19-11-. The van der Waals surface area contributed by atoms with Gasteiger partial charge < -0.3 is 4.42 Å². The molecule has 0 bridgehead atoms. The highest BCUT2D eigenvalue weighted by atomic mass is 79.9. The van der Waals surface area contributed by atoms with Gasteiger partial charge in [-0.2, -0.15) is 0 Å². The van der Waals surface area contributed by atoms with E-state index in [2.05, 4.69) is 15.9 Å². The Balaban J connectivity index is 1.55. The average Bonchev–Trinajstić information content (AvgIpc) is 3.30. The Morgan fingerprint density at radius 3 is 2.67 bits per heavy atom. The van der Waals surface area contributed by atoms with E-state index < -0.39 is 10.8 Å². The predicted octanol–water partition coefficient (Wildman–Crippen LogP) is 5.85. The molecule has 1 saturated heterocycles. The highest BCUT2D eigenvalue weighted by Gasteiger charge is 2.35. The number of carbonyl (C=O) groups excluding carboxylic acids is 2. The molecule has 1 aliphatic heterocycles. The molecule has 9 heteroatoms. The average molecular weight is 485 g/mol. The van der Waals surface area contributed by atoms with Gasteiger partial charge in [-0.25, -0.2) is 0 Å². The quantitative estimate of drug-likeness (QED) is 0.256. The second kappa shape index (κ2) is 8.29. The van der Waals surface area contributed by atoms with Crippen molar-refractivity contribution in [3.63, 3.8) is 0 Å². The summed E-state index contributed by atoms with van der Waals surface area (Å²) in [7, 11) is 0. The largest absolute Gasteiger partial charge is 0.457 e. The van der Waals surface area contributed by atoms with Crippen molar-refractivity contribution in [3.05, 3.63) is 91.5 Å². The van der Waals surface area contributed by atoms with Gasteiger partial charge in [0.2, 0.25) is 0 Å². The van der Waals surface area contributed by atoms with Crippen molar-refractivity contribution in [1.29, 1.82) is 0 Å². The lowest BCUT2D eigenvalue weighted by molar-refractivity contribution is -0.384. The maximum absolute atomic E-state index is 12.7. The van der Waals surface area contributed by atoms with Crippen molar-refractivity contribution in [1.82, 2.24) is 4.90 Å². The molecule has 0 aliphatic carbocycles. The predicted molar refractivity (Wildman–Crippen MR) is 116 cm³/mol. The molecule has 2 aromatic carbocycles. The molecule has 1 aliphatic rings. The summed E-state index contributed by atoms with van der Waals surface area (Å²) in [5.74, 6) is 0.411. The molecular formula is C21H13BrN2O5S. The van der Waals surface area contributed by atoms with Gasteiger partial charge in [-0.1, -0.05) is 46.3 Å². The molecule has 3 aromatic rings. The van der Waals surface area contributed by atoms with Crippen molar-refractivity contribution < 1.29 is 18.9 Å². The first-order valence-corrected chi connectivity index (χ1v) is 10.4.